The number of aliphatic imine (C=N–C) groups is 1. The van der Waals surface area contributed by atoms with Gasteiger partial charge in [-0.15, -0.1) is 0 Å². The van der Waals surface area contributed by atoms with Crippen molar-refractivity contribution in [2.24, 2.45) is 4.99 Å². The second kappa shape index (κ2) is 9.01. The smallest absolute Gasteiger partial charge is 0.180 e. The van der Waals surface area contributed by atoms with Crippen LogP contribution in [0.3, 0.4) is 0 Å². The second-order valence-corrected chi connectivity index (χ2v) is 7.16. The van der Waals surface area contributed by atoms with Gasteiger partial charge in [-0.05, 0) is 37.6 Å². The quantitative estimate of drug-likeness (QED) is 0.763. The SMILES string of the molecule is COCCn1c(C)cc(C2=CSC(=NCc3ccc(OC)cc3)NN2)c1C. The number of amidine groups is 1. The minimum absolute atomic E-state index is 0.621. The van der Waals surface area contributed by atoms with E-state index in [1.165, 1.54) is 17.0 Å². The number of rotatable bonds is 7. The molecule has 0 aliphatic carbocycles. The number of aryl methyl sites for hydroxylation is 1. The van der Waals surface area contributed by atoms with Crippen LogP contribution in [-0.4, -0.2) is 30.6 Å². The van der Waals surface area contributed by atoms with Gasteiger partial charge in [-0.3, -0.25) is 15.8 Å². The minimum atomic E-state index is 0.621. The Hall–Kier alpha value is -2.38. The number of methoxy groups -OCH3 is 2. The Bertz CT molecular complexity index is 840. The third-order valence-corrected chi connectivity index (χ3v) is 5.35. The molecule has 27 heavy (non-hydrogen) atoms. The van der Waals surface area contributed by atoms with Crippen LogP contribution < -0.4 is 15.6 Å². The number of nitrogens with zero attached hydrogens (tertiary/aromatic N) is 2. The maximum Gasteiger partial charge on any atom is 0.180 e. The molecule has 6 nitrogen and oxygen atoms in total. The molecule has 144 valence electrons. The van der Waals surface area contributed by atoms with Gasteiger partial charge in [0, 0.05) is 36.0 Å². The van der Waals surface area contributed by atoms with Crippen LogP contribution >= 0.6 is 11.8 Å². The molecule has 0 atom stereocenters. The van der Waals surface area contributed by atoms with E-state index in [1.54, 1.807) is 26.0 Å². The first-order valence-corrected chi connectivity index (χ1v) is 9.72. The van der Waals surface area contributed by atoms with E-state index in [1.807, 2.05) is 24.3 Å². The highest BCUT2D eigenvalue weighted by Crippen LogP contribution is 2.25. The highest BCUT2D eigenvalue weighted by atomic mass is 32.2. The lowest BCUT2D eigenvalue weighted by Gasteiger charge is -2.19. The molecule has 1 aliphatic rings. The number of hydrogen-bond donors (Lipinski definition) is 2. The van der Waals surface area contributed by atoms with Crippen LogP contribution in [0.1, 0.15) is 22.5 Å². The maximum atomic E-state index is 5.21. The summed E-state index contributed by atoms with van der Waals surface area (Å²) < 4.78 is 12.7. The van der Waals surface area contributed by atoms with Crippen LogP contribution in [0.15, 0.2) is 40.7 Å². The molecule has 2 aromatic rings. The molecule has 7 heteroatoms. The Balaban J connectivity index is 1.65. The first-order valence-electron chi connectivity index (χ1n) is 8.84. The molecule has 1 aromatic carbocycles. The Morgan fingerprint density at radius 2 is 1.89 bits per heavy atom. The first kappa shape index (κ1) is 19.4. The Kier molecular flexibility index (Phi) is 6.47. The van der Waals surface area contributed by atoms with Crippen molar-refractivity contribution >= 4 is 22.6 Å². The van der Waals surface area contributed by atoms with E-state index < -0.39 is 0 Å². The summed E-state index contributed by atoms with van der Waals surface area (Å²) in [5.41, 5.74) is 12.3. The summed E-state index contributed by atoms with van der Waals surface area (Å²) in [7, 11) is 3.40. The molecule has 0 unspecified atom stereocenters. The average Bonchev–Trinajstić information content (AvgIpc) is 2.99. The number of benzene rings is 1. The lowest BCUT2D eigenvalue weighted by molar-refractivity contribution is 0.186. The van der Waals surface area contributed by atoms with E-state index in [0.717, 1.165) is 28.7 Å². The molecule has 0 bridgehead atoms. The van der Waals surface area contributed by atoms with Gasteiger partial charge in [0.1, 0.15) is 5.75 Å². The molecule has 0 amide bonds. The van der Waals surface area contributed by atoms with Crippen LogP contribution in [0.5, 0.6) is 5.75 Å². The number of hydrazine groups is 1. The van der Waals surface area contributed by atoms with Crippen LogP contribution in [0.2, 0.25) is 0 Å². The van der Waals surface area contributed by atoms with E-state index in [9.17, 15) is 0 Å². The summed E-state index contributed by atoms with van der Waals surface area (Å²) in [6.45, 7) is 6.44. The molecule has 1 aromatic heterocycles. The summed E-state index contributed by atoms with van der Waals surface area (Å²) in [5, 5.41) is 2.95. The molecule has 0 fully saturated rings. The Morgan fingerprint density at radius 1 is 1.11 bits per heavy atom. The Labute approximate surface area is 164 Å². The summed E-state index contributed by atoms with van der Waals surface area (Å²) in [4.78, 5) is 4.62. The molecule has 0 saturated heterocycles. The molecule has 0 saturated carbocycles. The number of thioether (sulfide) groups is 1. The van der Waals surface area contributed by atoms with Gasteiger partial charge in [0.05, 0.1) is 26.0 Å². The lowest BCUT2D eigenvalue weighted by atomic mass is 10.2. The summed E-state index contributed by atoms with van der Waals surface area (Å²) in [6.07, 6.45) is 0. The third kappa shape index (κ3) is 4.67. The standard InChI is InChI=1S/C20H26N4O2S/c1-14-11-18(15(2)24(14)9-10-25-3)19-13-27-20(23-22-19)21-12-16-5-7-17(26-4)8-6-16/h5-8,11,13,22H,9-10,12H2,1-4H3,(H,21,23). The van der Waals surface area contributed by atoms with Gasteiger partial charge in [-0.1, -0.05) is 23.9 Å². The van der Waals surface area contributed by atoms with Crippen molar-refractivity contribution in [2.75, 3.05) is 20.8 Å². The second-order valence-electron chi connectivity index (χ2n) is 6.30. The van der Waals surface area contributed by atoms with Crippen molar-refractivity contribution < 1.29 is 9.47 Å². The van der Waals surface area contributed by atoms with Crippen molar-refractivity contribution in [1.82, 2.24) is 15.4 Å². The van der Waals surface area contributed by atoms with Gasteiger partial charge in [-0.25, -0.2) is 0 Å². The molecule has 2 N–H and O–H groups in total. The predicted molar refractivity (Wildman–Crippen MR) is 112 cm³/mol. The summed E-state index contributed by atoms with van der Waals surface area (Å²) in [5.74, 6) is 0.855. The van der Waals surface area contributed by atoms with Gasteiger partial charge < -0.3 is 14.0 Å². The predicted octanol–water partition coefficient (Wildman–Crippen LogP) is 3.46. The molecule has 2 heterocycles. The zero-order chi connectivity index (χ0) is 19.2. The minimum Gasteiger partial charge on any atom is -0.497 e. The van der Waals surface area contributed by atoms with E-state index in [2.05, 4.69) is 45.7 Å². The maximum absolute atomic E-state index is 5.21. The highest BCUT2D eigenvalue weighted by molar-refractivity contribution is 8.16. The van der Waals surface area contributed by atoms with Crippen molar-refractivity contribution in [2.45, 2.75) is 26.9 Å². The molecular formula is C20H26N4O2S. The van der Waals surface area contributed by atoms with E-state index in [-0.39, 0.29) is 0 Å². The average molecular weight is 387 g/mol. The molecule has 1 aliphatic heterocycles. The third-order valence-electron chi connectivity index (χ3n) is 4.54. The van der Waals surface area contributed by atoms with E-state index in [4.69, 9.17) is 9.47 Å². The zero-order valence-corrected chi connectivity index (χ0v) is 17.0. The highest BCUT2D eigenvalue weighted by Gasteiger charge is 2.16. The van der Waals surface area contributed by atoms with E-state index in [0.29, 0.717) is 13.2 Å². The van der Waals surface area contributed by atoms with Crippen molar-refractivity contribution in [3.05, 3.63) is 58.3 Å². The monoisotopic (exact) mass is 386 g/mol. The van der Waals surface area contributed by atoms with Gasteiger partial charge in [0.15, 0.2) is 5.17 Å². The molecule has 3 rings (SSSR count). The molecular weight excluding hydrogens is 360 g/mol. The normalized spacial score (nSPS) is 15.3. The fraction of sp³-hybridized carbons (Fsp3) is 0.350. The van der Waals surface area contributed by atoms with Crippen molar-refractivity contribution in [3.8, 4) is 5.75 Å². The van der Waals surface area contributed by atoms with Crippen molar-refractivity contribution in [3.63, 3.8) is 0 Å². The number of ether oxygens (including phenoxy) is 2. The molecule has 0 spiro atoms. The van der Waals surface area contributed by atoms with E-state index >= 15 is 0 Å². The summed E-state index contributed by atoms with van der Waals surface area (Å²) >= 11 is 1.59. The first-order chi connectivity index (χ1) is 13.1. The van der Waals surface area contributed by atoms with Crippen LogP contribution in [0.25, 0.3) is 5.70 Å². The van der Waals surface area contributed by atoms with Crippen LogP contribution in [-0.2, 0) is 17.8 Å². The van der Waals surface area contributed by atoms with Gasteiger partial charge in [0.2, 0.25) is 0 Å². The van der Waals surface area contributed by atoms with Gasteiger partial charge in [0.25, 0.3) is 0 Å². The fourth-order valence-corrected chi connectivity index (χ4v) is 3.66. The zero-order valence-electron chi connectivity index (χ0n) is 16.2. The van der Waals surface area contributed by atoms with Crippen LogP contribution in [0, 0.1) is 13.8 Å². The number of hydrogen-bond acceptors (Lipinski definition) is 5. The topological polar surface area (TPSA) is 59.8 Å². The fourth-order valence-electron chi connectivity index (χ4n) is 3.00. The lowest BCUT2D eigenvalue weighted by Crippen LogP contribution is -2.37. The molecule has 0 radical (unpaired) electrons. The number of nitrogens with one attached hydrogen (secondary N) is 2. The van der Waals surface area contributed by atoms with Gasteiger partial charge >= 0.3 is 0 Å². The number of aromatic nitrogens is 1. The van der Waals surface area contributed by atoms with Gasteiger partial charge in [-0.2, -0.15) is 0 Å². The largest absolute Gasteiger partial charge is 0.497 e. The van der Waals surface area contributed by atoms with Crippen molar-refractivity contribution in [1.29, 1.82) is 0 Å². The van der Waals surface area contributed by atoms with Crippen LogP contribution in [0.4, 0.5) is 0 Å². The summed E-state index contributed by atoms with van der Waals surface area (Å²) in [6, 6.07) is 10.2. The Morgan fingerprint density at radius 3 is 2.52 bits per heavy atom.